The monoisotopic (exact) mass is 365 g/mol. The van der Waals surface area contributed by atoms with Crippen LogP contribution in [0.5, 0.6) is 11.5 Å². The average Bonchev–Trinajstić information content (AvgIpc) is 3.10. The van der Waals surface area contributed by atoms with Gasteiger partial charge in [0.15, 0.2) is 17.4 Å². The van der Waals surface area contributed by atoms with Crippen molar-refractivity contribution in [2.75, 3.05) is 17.0 Å². The van der Waals surface area contributed by atoms with Gasteiger partial charge in [0.25, 0.3) is 5.91 Å². The van der Waals surface area contributed by atoms with Gasteiger partial charge in [0.05, 0.1) is 5.69 Å². The Hall–Kier alpha value is -3.81. The molecule has 2 aromatic carbocycles. The van der Waals surface area contributed by atoms with Gasteiger partial charge < -0.3 is 14.8 Å². The van der Waals surface area contributed by atoms with Crippen LogP contribution in [0, 0.1) is 5.92 Å². The van der Waals surface area contributed by atoms with E-state index in [-0.39, 0.29) is 12.5 Å². The van der Waals surface area contributed by atoms with Gasteiger partial charge in [-0.3, -0.25) is 14.9 Å². The fourth-order valence-corrected chi connectivity index (χ4v) is 2.94. The Morgan fingerprint density at radius 1 is 1.07 bits per heavy atom. The van der Waals surface area contributed by atoms with Gasteiger partial charge in [-0.2, -0.15) is 0 Å². The maximum atomic E-state index is 12.9. The fraction of sp³-hybridized carbons (Fsp3) is 0.105. The lowest BCUT2D eigenvalue weighted by Crippen LogP contribution is -2.59. The SMILES string of the molecule is C=C(Nc1ccc2c(c1)OCO2)[C@H]1C(=O)NC(=O)N(c2ccccc2)C1=O. The molecule has 136 valence electrons. The van der Waals surface area contributed by atoms with Crippen LogP contribution < -0.4 is 25.0 Å². The Morgan fingerprint density at radius 3 is 2.59 bits per heavy atom. The molecule has 0 aliphatic carbocycles. The summed E-state index contributed by atoms with van der Waals surface area (Å²) in [7, 11) is 0. The minimum Gasteiger partial charge on any atom is -0.454 e. The second-order valence-electron chi connectivity index (χ2n) is 5.95. The third kappa shape index (κ3) is 2.97. The molecule has 2 heterocycles. The summed E-state index contributed by atoms with van der Waals surface area (Å²) in [6.45, 7) is 3.95. The third-order valence-corrected chi connectivity index (χ3v) is 4.20. The number of rotatable bonds is 4. The van der Waals surface area contributed by atoms with Crippen LogP contribution in [0.15, 0.2) is 60.8 Å². The quantitative estimate of drug-likeness (QED) is 0.807. The van der Waals surface area contributed by atoms with E-state index in [1.165, 1.54) is 0 Å². The molecule has 8 heteroatoms. The summed E-state index contributed by atoms with van der Waals surface area (Å²) in [5, 5.41) is 5.14. The van der Waals surface area contributed by atoms with Gasteiger partial charge in [-0.1, -0.05) is 24.8 Å². The molecule has 2 aliphatic heterocycles. The molecule has 0 saturated carbocycles. The standard InChI is InChI=1S/C19H15N3O5/c1-11(20-12-7-8-14-15(9-12)27-10-26-14)16-17(23)21-19(25)22(18(16)24)13-5-3-2-4-6-13/h2-9,16,20H,1,10H2,(H,21,23,25)/t16-/m0/s1. The predicted octanol–water partition coefficient (Wildman–Crippen LogP) is 2.24. The number of carbonyl (C=O) groups is 3. The van der Waals surface area contributed by atoms with E-state index in [2.05, 4.69) is 17.2 Å². The van der Waals surface area contributed by atoms with Crippen molar-refractivity contribution < 1.29 is 23.9 Å². The topological polar surface area (TPSA) is 97.0 Å². The number of benzene rings is 2. The largest absolute Gasteiger partial charge is 0.454 e. The fourth-order valence-electron chi connectivity index (χ4n) is 2.94. The number of hydrogen-bond donors (Lipinski definition) is 2. The number of urea groups is 1. The van der Waals surface area contributed by atoms with Crippen LogP contribution in [0.3, 0.4) is 0 Å². The van der Waals surface area contributed by atoms with E-state index < -0.39 is 23.8 Å². The van der Waals surface area contributed by atoms with Crippen molar-refractivity contribution in [3.63, 3.8) is 0 Å². The molecule has 4 amide bonds. The van der Waals surface area contributed by atoms with Gasteiger partial charge >= 0.3 is 6.03 Å². The molecule has 2 aliphatic rings. The lowest BCUT2D eigenvalue weighted by atomic mass is 10.0. The number of fused-ring (bicyclic) bond motifs is 1. The summed E-state index contributed by atoms with van der Waals surface area (Å²) in [5.74, 6) is -1.50. The third-order valence-electron chi connectivity index (χ3n) is 4.20. The molecule has 0 aromatic heterocycles. The second-order valence-corrected chi connectivity index (χ2v) is 5.95. The smallest absolute Gasteiger partial charge is 0.335 e. The van der Waals surface area contributed by atoms with Crippen molar-refractivity contribution in [1.82, 2.24) is 5.32 Å². The Bertz CT molecular complexity index is 957. The van der Waals surface area contributed by atoms with Crippen LogP contribution in [-0.2, 0) is 9.59 Å². The van der Waals surface area contributed by atoms with E-state index in [0.717, 1.165) is 4.90 Å². The number of para-hydroxylation sites is 1. The summed E-state index contributed by atoms with van der Waals surface area (Å²) < 4.78 is 10.6. The lowest BCUT2D eigenvalue weighted by Gasteiger charge is -2.31. The highest BCUT2D eigenvalue weighted by Crippen LogP contribution is 2.35. The minimum absolute atomic E-state index is 0.136. The Labute approximate surface area is 154 Å². The van der Waals surface area contributed by atoms with E-state index in [4.69, 9.17) is 9.47 Å². The molecule has 0 spiro atoms. The Balaban J connectivity index is 1.58. The number of carbonyl (C=O) groups excluding carboxylic acids is 3. The first kappa shape index (κ1) is 16.6. The summed E-state index contributed by atoms with van der Waals surface area (Å²) in [6, 6.07) is 12.7. The molecular weight excluding hydrogens is 350 g/mol. The normalized spacial score (nSPS) is 18.3. The number of anilines is 2. The van der Waals surface area contributed by atoms with Crippen LogP contribution in [-0.4, -0.2) is 24.6 Å². The zero-order chi connectivity index (χ0) is 19.0. The summed E-state index contributed by atoms with van der Waals surface area (Å²) in [5.41, 5.74) is 1.09. The van der Waals surface area contributed by atoms with Gasteiger partial charge in [-0.05, 0) is 24.3 Å². The van der Waals surface area contributed by atoms with Crippen molar-refractivity contribution in [3.8, 4) is 11.5 Å². The Morgan fingerprint density at radius 2 is 1.81 bits per heavy atom. The van der Waals surface area contributed by atoms with Crippen molar-refractivity contribution in [1.29, 1.82) is 0 Å². The van der Waals surface area contributed by atoms with E-state index in [9.17, 15) is 14.4 Å². The van der Waals surface area contributed by atoms with E-state index in [1.807, 2.05) is 0 Å². The zero-order valence-electron chi connectivity index (χ0n) is 14.1. The molecule has 0 unspecified atom stereocenters. The van der Waals surface area contributed by atoms with Gasteiger partial charge in [0, 0.05) is 17.5 Å². The molecule has 0 bridgehead atoms. The highest BCUT2D eigenvalue weighted by molar-refractivity contribution is 6.28. The summed E-state index contributed by atoms with van der Waals surface area (Å²) in [6.07, 6.45) is 0. The number of amides is 4. The lowest BCUT2D eigenvalue weighted by molar-refractivity contribution is -0.132. The van der Waals surface area contributed by atoms with Gasteiger partial charge in [-0.25, -0.2) is 9.69 Å². The maximum Gasteiger partial charge on any atom is 0.335 e. The van der Waals surface area contributed by atoms with E-state index in [1.54, 1.807) is 48.5 Å². The van der Waals surface area contributed by atoms with Crippen molar-refractivity contribution in [2.24, 2.45) is 5.92 Å². The van der Waals surface area contributed by atoms with Gasteiger partial charge in [-0.15, -0.1) is 0 Å². The van der Waals surface area contributed by atoms with Crippen LogP contribution >= 0.6 is 0 Å². The molecule has 1 saturated heterocycles. The first-order valence-corrected chi connectivity index (χ1v) is 8.14. The molecule has 4 rings (SSSR count). The number of nitrogens with one attached hydrogen (secondary N) is 2. The number of hydrogen-bond acceptors (Lipinski definition) is 6. The van der Waals surface area contributed by atoms with Gasteiger partial charge in [0.1, 0.15) is 0 Å². The summed E-state index contributed by atoms with van der Waals surface area (Å²) in [4.78, 5) is 38.2. The van der Waals surface area contributed by atoms with Crippen molar-refractivity contribution in [3.05, 3.63) is 60.8 Å². The molecular formula is C19H15N3O5. The minimum atomic E-state index is -1.26. The first-order valence-electron chi connectivity index (χ1n) is 8.14. The molecule has 2 aromatic rings. The predicted molar refractivity (Wildman–Crippen MR) is 96.3 cm³/mol. The van der Waals surface area contributed by atoms with Crippen molar-refractivity contribution in [2.45, 2.75) is 0 Å². The molecule has 8 nitrogen and oxygen atoms in total. The number of ether oxygens (including phenoxy) is 2. The maximum absolute atomic E-state index is 12.9. The molecule has 1 atom stereocenters. The second kappa shape index (κ2) is 6.49. The van der Waals surface area contributed by atoms with Crippen LogP contribution in [0.2, 0.25) is 0 Å². The molecule has 1 fully saturated rings. The first-order chi connectivity index (χ1) is 13.0. The highest BCUT2D eigenvalue weighted by atomic mass is 16.7. The summed E-state index contributed by atoms with van der Waals surface area (Å²) >= 11 is 0. The zero-order valence-corrected chi connectivity index (χ0v) is 14.1. The molecule has 2 N–H and O–H groups in total. The van der Waals surface area contributed by atoms with E-state index in [0.29, 0.717) is 22.9 Å². The van der Waals surface area contributed by atoms with Crippen molar-refractivity contribution >= 4 is 29.2 Å². The van der Waals surface area contributed by atoms with Crippen LogP contribution in [0.1, 0.15) is 0 Å². The molecule has 0 radical (unpaired) electrons. The van der Waals surface area contributed by atoms with Crippen LogP contribution in [0.4, 0.5) is 16.2 Å². The van der Waals surface area contributed by atoms with Gasteiger partial charge in [0.2, 0.25) is 12.7 Å². The average molecular weight is 365 g/mol. The highest BCUT2D eigenvalue weighted by Gasteiger charge is 2.43. The van der Waals surface area contributed by atoms with E-state index >= 15 is 0 Å². The molecule has 27 heavy (non-hydrogen) atoms. The Kier molecular flexibility index (Phi) is 4.00. The number of imide groups is 2. The van der Waals surface area contributed by atoms with Crippen LogP contribution in [0.25, 0.3) is 0 Å². The number of nitrogens with zero attached hydrogens (tertiary/aromatic N) is 1. The number of barbiturate groups is 1.